The maximum atomic E-state index is 13.3. The molecule has 0 atom stereocenters. The Balaban J connectivity index is 1.50. The van der Waals surface area contributed by atoms with Crippen LogP contribution in [0.25, 0.3) is 0 Å². The summed E-state index contributed by atoms with van der Waals surface area (Å²) in [6.45, 7) is 0.459. The molecule has 0 aliphatic heterocycles. The Morgan fingerprint density at radius 3 is 2.71 bits per heavy atom. The quantitative estimate of drug-likeness (QED) is 0.592. The average molecular weight is 401 g/mol. The molecule has 0 bridgehead atoms. The third-order valence-corrected chi connectivity index (χ3v) is 3.97. The van der Waals surface area contributed by atoms with Crippen LogP contribution >= 0.6 is 11.6 Å². The van der Waals surface area contributed by atoms with Crippen LogP contribution in [0.1, 0.15) is 12.0 Å². The molecule has 5 nitrogen and oxygen atoms in total. The normalized spacial score (nSPS) is 10.4. The van der Waals surface area contributed by atoms with Gasteiger partial charge < -0.3 is 14.8 Å². The van der Waals surface area contributed by atoms with Crippen LogP contribution in [0.15, 0.2) is 66.9 Å². The van der Waals surface area contributed by atoms with Crippen LogP contribution < -0.4 is 14.8 Å². The lowest BCUT2D eigenvalue weighted by molar-refractivity contribution is -0.121. The van der Waals surface area contributed by atoms with Gasteiger partial charge >= 0.3 is 0 Å². The molecule has 0 saturated heterocycles. The van der Waals surface area contributed by atoms with Gasteiger partial charge in [0.05, 0.1) is 13.0 Å². The Bertz CT molecular complexity index is 952. The second kappa shape index (κ2) is 9.71. The van der Waals surface area contributed by atoms with Gasteiger partial charge in [-0.25, -0.2) is 9.37 Å². The molecular formula is C21H18ClFN2O3. The molecule has 1 N–H and O–H groups in total. The minimum atomic E-state index is -0.400. The SMILES string of the molecule is O=C(CCOc1cccc(Cl)c1)NCc1cccnc1Oc1cccc(F)c1. The molecule has 2 aromatic carbocycles. The van der Waals surface area contributed by atoms with Crippen LogP contribution in [-0.2, 0) is 11.3 Å². The van der Waals surface area contributed by atoms with Gasteiger partial charge in [-0.15, -0.1) is 0 Å². The number of halogens is 2. The number of hydrogen-bond donors (Lipinski definition) is 1. The number of benzene rings is 2. The van der Waals surface area contributed by atoms with Gasteiger partial charge in [0.2, 0.25) is 11.8 Å². The Kier molecular flexibility index (Phi) is 6.81. The summed E-state index contributed by atoms with van der Waals surface area (Å²) >= 11 is 5.89. The Labute approximate surface area is 167 Å². The molecule has 0 radical (unpaired) electrons. The van der Waals surface area contributed by atoms with Crippen LogP contribution in [0.2, 0.25) is 5.02 Å². The largest absolute Gasteiger partial charge is 0.493 e. The van der Waals surface area contributed by atoms with Gasteiger partial charge in [-0.3, -0.25) is 4.79 Å². The van der Waals surface area contributed by atoms with Crippen molar-refractivity contribution in [3.05, 3.63) is 83.3 Å². The van der Waals surface area contributed by atoms with Crippen LogP contribution in [-0.4, -0.2) is 17.5 Å². The highest BCUT2D eigenvalue weighted by molar-refractivity contribution is 6.30. The number of ether oxygens (including phenoxy) is 2. The first-order valence-corrected chi connectivity index (χ1v) is 9.00. The van der Waals surface area contributed by atoms with Crippen molar-refractivity contribution in [1.82, 2.24) is 10.3 Å². The summed E-state index contributed by atoms with van der Waals surface area (Å²) in [5.74, 6) is 0.675. The highest BCUT2D eigenvalue weighted by Crippen LogP contribution is 2.23. The van der Waals surface area contributed by atoms with Crippen LogP contribution in [0.4, 0.5) is 4.39 Å². The Morgan fingerprint density at radius 2 is 1.89 bits per heavy atom. The van der Waals surface area contributed by atoms with Crippen molar-refractivity contribution >= 4 is 17.5 Å². The molecule has 7 heteroatoms. The molecule has 1 aromatic heterocycles. The molecule has 0 aliphatic rings. The molecule has 1 heterocycles. The van der Waals surface area contributed by atoms with Crippen LogP contribution in [0.5, 0.6) is 17.4 Å². The van der Waals surface area contributed by atoms with Crippen molar-refractivity contribution < 1.29 is 18.7 Å². The fourth-order valence-electron chi connectivity index (χ4n) is 2.39. The highest BCUT2D eigenvalue weighted by Gasteiger charge is 2.09. The summed E-state index contributed by atoms with van der Waals surface area (Å²) in [4.78, 5) is 16.2. The van der Waals surface area contributed by atoms with E-state index in [0.717, 1.165) is 0 Å². The van der Waals surface area contributed by atoms with E-state index < -0.39 is 5.82 Å². The van der Waals surface area contributed by atoms with Crippen molar-refractivity contribution in [2.24, 2.45) is 0 Å². The average Bonchev–Trinajstić information content (AvgIpc) is 2.67. The second-order valence-electron chi connectivity index (χ2n) is 5.86. The van der Waals surface area contributed by atoms with E-state index >= 15 is 0 Å². The molecule has 0 fully saturated rings. The maximum Gasteiger partial charge on any atom is 0.224 e. The predicted octanol–water partition coefficient (Wildman–Crippen LogP) is 4.75. The Hall–Kier alpha value is -3.12. The number of hydrogen-bond acceptors (Lipinski definition) is 4. The van der Waals surface area contributed by atoms with Gasteiger partial charge in [0, 0.05) is 29.4 Å². The van der Waals surface area contributed by atoms with E-state index in [2.05, 4.69) is 10.3 Å². The smallest absolute Gasteiger partial charge is 0.224 e. The summed E-state index contributed by atoms with van der Waals surface area (Å²) in [5.41, 5.74) is 0.677. The second-order valence-corrected chi connectivity index (χ2v) is 6.30. The first-order valence-electron chi connectivity index (χ1n) is 8.62. The van der Waals surface area contributed by atoms with E-state index in [1.807, 2.05) is 0 Å². The monoisotopic (exact) mass is 400 g/mol. The number of nitrogens with zero attached hydrogens (tertiary/aromatic N) is 1. The van der Waals surface area contributed by atoms with E-state index in [4.69, 9.17) is 21.1 Å². The summed E-state index contributed by atoms with van der Waals surface area (Å²) in [5, 5.41) is 3.37. The molecule has 1 amide bonds. The fraction of sp³-hybridized carbons (Fsp3) is 0.143. The van der Waals surface area contributed by atoms with Gasteiger partial charge in [-0.05, 0) is 36.4 Å². The lowest BCUT2D eigenvalue weighted by Gasteiger charge is -2.11. The summed E-state index contributed by atoms with van der Waals surface area (Å²) in [6, 6.07) is 16.3. The van der Waals surface area contributed by atoms with Crippen LogP contribution in [0, 0.1) is 5.82 Å². The van der Waals surface area contributed by atoms with Crippen molar-refractivity contribution in [2.75, 3.05) is 6.61 Å². The zero-order valence-corrected chi connectivity index (χ0v) is 15.7. The van der Waals surface area contributed by atoms with Gasteiger partial charge in [-0.2, -0.15) is 0 Å². The number of pyridine rings is 1. The summed E-state index contributed by atoms with van der Waals surface area (Å²) in [6.07, 6.45) is 1.76. The van der Waals surface area contributed by atoms with E-state index in [9.17, 15) is 9.18 Å². The van der Waals surface area contributed by atoms with Gasteiger partial charge in [0.1, 0.15) is 17.3 Å². The molecule has 0 aliphatic carbocycles. The first kappa shape index (κ1) is 19.6. The zero-order valence-electron chi connectivity index (χ0n) is 14.9. The van der Waals surface area contributed by atoms with E-state index in [1.165, 1.54) is 12.1 Å². The number of carbonyl (C=O) groups excluding carboxylic acids is 1. The van der Waals surface area contributed by atoms with E-state index in [-0.39, 0.29) is 25.5 Å². The van der Waals surface area contributed by atoms with Crippen molar-refractivity contribution in [2.45, 2.75) is 13.0 Å². The van der Waals surface area contributed by atoms with E-state index in [0.29, 0.717) is 28.0 Å². The number of aromatic nitrogens is 1. The zero-order chi connectivity index (χ0) is 19.8. The van der Waals surface area contributed by atoms with Crippen molar-refractivity contribution in [1.29, 1.82) is 0 Å². The minimum Gasteiger partial charge on any atom is -0.493 e. The summed E-state index contributed by atoms with van der Waals surface area (Å²) in [7, 11) is 0. The molecular weight excluding hydrogens is 383 g/mol. The lowest BCUT2D eigenvalue weighted by Crippen LogP contribution is -2.24. The van der Waals surface area contributed by atoms with Crippen LogP contribution in [0.3, 0.4) is 0 Å². The molecule has 0 saturated carbocycles. The Morgan fingerprint density at radius 1 is 1.07 bits per heavy atom. The minimum absolute atomic E-state index is 0.178. The third-order valence-electron chi connectivity index (χ3n) is 3.73. The molecule has 144 valence electrons. The summed E-state index contributed by atoms with van der Waals surface area (Å²) < 4.78 is 24.4. The fourth-order valence-corrected chi connectivity index (χ4v) is 2.57. The molecule has 28 heavy (non-hydrogen) atoms. The van der Waals surface area contributed by atoms with Gasteiger partial charge in [-0.1, -0.05) is 29.8 Å². The van der Waals surface area contributed by atoms with Crippen molar-refractivity contribution in [3.63, 3.8) is 0 Å². The number of nitrogens with one attached hydrogen (secondary N) is 1. The molecule has 0 spiro atoms. The standard InChI is InChI=1S/C21H18ClFN2O3/c22-16-5-1-7-18(12-16)27-11-9-20(26)25-14-15-4-3-10-24-21(15)28-19-8-2-6-17(23)13-19/h1-8,10,12-13H,9,11,14H2,(H,25,26). The topological polar surface area (TPSA) is 60.5 Å². The van der Waals surface area contributed by atoms with Gasteiger partial charge in [0.15, 0.2) is 0 Å². The molecule has 3 aromatic rings. The predicted molar refractivity (Wildman–Crippen MR) is 104 cm³/mol. The number of carbonyl (C=O) groups is 1. The highest BCUT2D eigenvalue weighted by atomic mass is 35.5. The number of amides is 1. The first-order chi connectivity index (χ1) is 13.6. The molecule has 3 rings (SSSR count). The van der Waals surface area contributed by atoms with E-state index in [1.54, 1.807) is 54.7 Å². The van der Waals surface area contributed by atoms with Crippen molar-refractivity contribution in [3.8, 4) is 17.4 Å². The lowest BCUT2D eigenvalue weighted by atomic mass is 10.2. The number of rotatable bonds is 8. The third kappa shape index (κ3) is 5.96. The molecule has 0 unspecified atom stereocenters. The maximum absolute atomic E-state index is 13.3. The van der Waals surface area contributed by atoms with Gasteiger partial charge in [0.25, 0.3) is 0 Å².